The Bertz CT molecular complexity index is 580. The molecule has 2 aromatic rings. The first-order valence-electron chi connectivity index (χ1n) is 7.11. The molecular weight excluding hydrogens is 248 g/mol. The average molecular weight is 268 g/mol. The monoisotopic (exact) mass is 268 g/mol. The van der Waals surface area contributed by atoms with Crippen LogP contribution in [0.5, 0.6) is 5.75 Å². The van der Waals surface area contributed by atoms with E-state index in [0.717, 1.165) is 25.9 Å². The Kier molecular flexibility index (Phi) is 3.61. The standard InChI is InChI=1S/C17H20N2O/c18-16-5-3-11-19(17-6-2-1-4-15(16)17)12-13-7-9-14(20)10-8-13/h1-2,4,6-10,16,20H,3,5,11-12,18H2. The Balaban J connectivity index is 1.89. The molecule has 0 bridgehead atoms. The number of para-hydroxylation sites is 1. The molecule has 3 N–H and O–H groups in total. The minimum atomic E-state index is 0.135. The third-order valence-electron chi connectivity index (χ3n) is 3.93. The summed E-state index contributed by atoms with van der Waals surface area (Å²) >= 11 is 0. The van der Waals surface area contributed by atoms with Crippen LogP contribution < -0.4 is 10.6 Å². The van der Waals surface area contributed by atoms with E-state index in [1.165, 1.54) is 16.8 Å². The smallest absolute Gasteiger partial charge is 0.115 e. The Morgan fingerprint density at radius 2 is 1.85 bits per heavy atom. The number of phenols is 1. The fraction of sp³-hybridized carbons (Fsp3) is 0.294. The third kappa shape index (κ3) is 2.63. The number of benzene rings is 2. The Morgan fingerprint density at radius 3 is 2.65 bits per heavy atom. The molecule has 3 rings (SSSR count). The minimum absolute atomic E-state index is 0.135. The molecule has 0 saturated carbocycles. The predicted molar refractivity (Wildman–Crippen MR) is 81.8 cm³/mol. The number of nitrogens with two attached hydrogens (primary N) is 1. The first-order chi connectivity index (χ1) is 9.74. The van der Waals surface area contributed by atoms with Crippen molar-refractivity contribution in [1.29, 1.82) is 0 Å². The zero-order valence-electron chi connectivity index (χ0n) is 11.5. The molecule has 1 atom stereocenters. The highest BCUT2D eigenvalue weighted by Gasteiger charge is 2.19. The molecule has 20 heavy (non-hydrogen) atoms. The second-order valence-electron chi connectivity index (χ2n) is 5.40. The van der Waals surface area contributed by atoms with Gasteiger partial charge in [0.1, 0.15) is 5.75 Å². The number of hydrogen-bond donors (Lipinski definition) is 2. The average Bonchev–Trinajstić information content (AvgIpc) is 2.62. The number of nitrogens with zero attached hydrogens (tertiary/aromatic N) is 1. The molecule has 2 aromatic carbocycles. The lowest BCUT2D eigenvalue weighted by Gasteiger charge is -2.25. The maximum absolute atomic E-state index is 9.37. The van der Waals surface area contributed by atoms with E-state index in [9.17, 15) is 5.11 Å². The molecule has 0 aliphatic carbocycles. The molecule has 1 unspecified atom stereocenters. The lowest BCUT2D eigenvalue weighted by atomic mass is 10.0. The van der Waals surface area contributed by atoms with Crippen LogP contribution in [0, 0.1) is 0 Å². The first-order valence-corrected chi connectivity index (χ1v) is 7.11. The van der Waals surface area contributed by atoms with Gasteiger partial charge in [-0.2, -0.15) is 0 Å². The van der Waals surface area contributed by atoms with Crippen LogP contribution in [-0.2, 0) is 6.54 Å². The van der Waals surface area contributed by atoms with Crippen LogP contribution in [0.1, 0.15) is 30.0 Å². The number of hydrogen-bond acceptors (Lipinski definition) is 3. The van der Waals surface area contributed by atoms with Crippen LogP contribution in [0.15, 0.2) is 48.5 Å². The topological polar surface area (TPSA) is 49.5 Å². The molecule has 0 radical (unpaired) electrons. The molecule has 1 aliphatic rings. The fourth-order valence-electron chi connectivity index (χ4n) is 2.85. The highest BCUT2D eigenvalue weighted by Crippen LogP contribution is 2.32. The van der Waals surface area contributed by atoms with Crippen molar-refractivity contribution in [3.05, 3.63) is 59.7 Å². The molecule has 0 saturated heterocycles. The van der Waals surface area contributed by atoms with Gasteiger partial charge in [0.25, 0.3) is 0 Å². The molecule has 104 valence electrons. The quantitative estimate of drug-likeness (QED) is 0.879. The summed E-state index contributed by atoms with van der Waals surface area (Å²) in [7, 11) is 0. The molecule has 0 amide bonds. The number of rotatable bonds is 2. The van der Waals surface area contributed by atoms with Gasteiger partial charge in [0, 0.05) is 24.8 Å². The number of phenolic OH excluding ortho intramolecular Hbond substituents is 1. The fourth-order valence-corrected chi connectivity index (χ4v) is 2.85. The summed E-state index contributed by atoms with van der Waals surface area (Å²) in [6, 6.07) is 16.0. The van der Waals surface area contributed by atoms with E-state index in [1.807, 2.05) is 12.1 Å². The van der Waals surface area contributed by atoms with Crippen molar-refractivity contribution < 1.29 is 5.11 Å². The Hall–Kier alpha value is -2.00. The van der Waals surface area contributed by atoms with Crippen LogP contribution in [-0.4, -0.2) is 11.7 Å². The summed E-state index contributed by atoms with van der Waals surface area (Å²) in [6.45, 7) is 1.87. The third-order valence-corrected chi connectivity index (χ3v) is 3.93. The van der Waals surface area contributed by atoms with Crippen LogP contribution in [0.4, 0.5) is 5.69 Å². The van der Waals surface area contributed by atoms with Crippen molar-refractivity contribution in [2.75, 3.05) is 11.4 Å². The van der Waals surface area contributed by atoms with Gasteiger partial charge in [-0.25, -0.2) is 0 Å². The van der Waals surface area contributed by atoms with Gasteiger partial charge in [-0.15, -0.1) is 0 Å². The SMILES string of the molecule is NC1CCCN(Cc2ccc(O)cc2)c2ccccc21. The normalized spacial score (nSPS) is 18.4. The van der Waals surface area contributed by atoms with Crippen molar-refractivity contribution in [1.82, 2.24) is 0 Å². The maximum atomic E-state index is 9.37. The van der Waals surface area contributed by atoms with E-state index in [0.29, 0.717) is 5.75 Å². The van der Waals surface area contributed by atoms with Gasteiger partial charge in [-0.1, -0.05) is 30.3 Å². The van der Waals surface area contributed by atoms with E-state index in [4.69, 9.17) is 5.73 Å². The largest absolute Gasteiger partial charge is 0.508 e. The maximum Gasteiger partial charge on any atom is 0.115 e. The summed E-state index contributed by atoms with van der Waals surface area (Å²) in [6.07, 6.45) is 2.14. The summed E-state index contributed by atoms with van der Waals surface area (Å²) in [5.74, 6) is 0.312. The zero-order chi connectivity index (χ0) is 13.9. The summed E-state index contributed by atoms with van der Waals surface area (Å²) in [4.78, 5) is 2.38. The van der Waals surface area contributed by atoms with Gasteiger partial charge in [0.15, 0.2) is 0 Å². The van der Waals surface area contributed by atoms with E-state index < -0.39 is 0 Å². The molecule has 0 aromatic heterocycles. The van der Waals surface area contributed by atoms with Crippen LogP contribution in [0.2, 0.25) is 0 Å². The molecule has 1 heterocycles. The van der Waals surface area contributed by atoms with E-state index in [2.05, 4.69) is 29.2 Å². The highest BCUT2D eigenvalue weighted by molar-refractivity contribution is 5.56. The van der Waals surface area contributed by atoms with Crippen molar-refractivity contribution in [2.45, 2.75) is 25.4 Å². The van der Waals surface area contributed by atoms with E-state index >= 15 is 0 Å². The predicted octanol–water partition coefficient (Wildman–Crippen LogP) is 3.19. The molecule has 0 fully saturated rings. The van der Waals surface area contributed by atoms with Crippen molar-refractivity contribution in [2.24, 2.45) is 5.73 Å². The molecule has 3 heteroatoms. The lowest BCUT2D eigenvalue weighted by Crippen LogP contribution is -2.23. The van der Waals surface area contributed by atoms with Crippen LogP contribution >= 0.6 is 0 Å². The van der Waals surface area contributed by atoms with Gasteiger partial charge in [-0.05, 0) is 42.2 Å². The second kappa shape index (κ2) is 5.55. The Labute approximate surface area is 119 Å². The van der Waals surface area contributed by atoms with Crippen molar-refractivity contribution in [3.63, 3.8) is 0 Å². The van der Waals surface area contributed by atoms with Crippen LogP contribution in [0.25, 0.3) is 0 Å². The van der Waals surface area contributed by atoms with Gasteiger partial charge >= 0.3 is 0 Å². The van der Waals surface area contributed by atoms with Crippen LogP contribution in [0.3, 0.4) is 0 Å². The summed E-state index contributed by atoms with van der Waals surface area (Å²) < 4.78 is 0. The molecule has 1 aliphatic heterocycles. The molecule has 3 nitrogen and oxygen atoms in total. The van der Waals surface area contributed by atoms with E-state index in [-0.39, 0.29) is 6.04 Å². The first kappa shape index (κ1) is 13.0. The highest BCUT2D eigenvalue weighted by atomic mass is 16.3. The number of fused-ring (bicyclic) bond motifs is 1. The second-order valence-corrected chi connectivity index (χ2v) is 5.40. The lowest BCUT2D eigenvalue weighted by molar-refractivity contribution is 0.475. The Morgan fingerprint density at radius 1 is 1.10 bits per heavy atom. The number of aromatic hydroxyl groups is 1. The molecular formula is C17H20N2O. The van der Waals surface area contributed by atoms with Crippen molar-refractivity contribution >= 4 is 5.69 Å². The van der Waals surface area contributed by atoms with Gasteiger partial charge in [0.2, 0.25) is 0 Å². The summed E-state index contributed by atoms with van der Waals surface area (Å²) in [5, 5.41) is 9.37. The van der Waals surface area contributed by atoms with Gasteiger partial charge < -0.3 is 15.7 Å². The summed E-state index contributed by atoms with van der Waals surface area (Å²) in [5.41, 5.74) is 9.94. The number of anilines is 1. The van der Waals surface area contributed by atoms with E-state index in [1.54, 1.807) is 12.1 Å². The minimum Gasteiger partial charge on any atom is -0.508 e. The van der Waals surface area contributed by atoms with Gasteiger partial charge in [0.05, 0.1) is 0 Å². The molecule has 0 spiro atoms. The van der Waals surface area contributed by atoms with Gasteiger partial charge in [-0.3, -0.25) is 0 Å². The van der Waals surface area contributed by atoms with Crippen molar-refractivity contribution in [3.8, 4) is 5.75 Å². The zero-order valence-corrected chi connectivity index (χ0v) is 11.5.